The number of hydrogen-bond donors (Lipinski definition) is 1. The fraction of sp³-hybridized carbons (Fsp3) is 0.125. The molecule has 4 aromatic rings. The average Bonchev–Trinajstić information content (AvgIpc) is 3.18. The molecule has 1 unspecified atom stereocenters. The largest absolute Gasteiger partial charge is 0.324 e. The predicted octanol–water partition coefficient (Wildman–Crippen LogP) is 5.91. The van der Waals surface area contributed by atoms with E-state index in [1.54, 1.807) is 37.3 Å². The second kappa shape index (κ2) is 9.97. The summed E-state index contributed by atoms with van der Waals surface area (Å²) in [5.41, 5.74) is 2.37. The average molecular weight is 467 g/mol. The van der Waals surface area contributed by atoms with E-state index >= 15 is 0 Å². The van der Waals surface area contributed by atoms with Gasteiger partial charge in [-0.3, -0.25) is 9.36 Å². The number of rotatable bonds is 7. The van der Waals surface area contributed by atoms with Crippen molar-refractivity contribution in [3.8, 4) is 11.4 Å². The van der Waals surface area contributed by atoms with Gasteiger partial charge in [0.2, 0.25) is 5.91 Å². The molecule has 1 amide bonds. The molecule has 4 rings (SSSR count). The molecule has 32 heavy (non-hydrogen) atoms. The minimum atomic E-state index is -0.453. The van der Waals surface area contributed by atoms with Gasteiger partial charge in [-0.2, -0.15) is 0 Å². The molecule has 0 saturated carbocycles. The van der Waals surface area contributed by atoms with E-state index in [9.17, 15) is 9.18 Å². The minimum absolute atomic E-state index is 0.194. The number of carbonyl (C=O) groups excluding carboxylic acids is 1. The highest BCUT2D eigenvalue weighted by Gasteiger charge is 2.21. The van der Waals surface area contributed by atoms with E-state index in [1.807, 2.05) is 41.0 Å². The lowest BCUT2D eigenvalue weighted by atomic mass is 10.2. The Morgan fingerprint density at radius 3 is 2.44 bits per heavy atom. The van der Waals surface area contributed by atoms with Crippen LogP contribution in [0.4, 0.5) is 10.1 Å². The van der Waals surface area contributed by atoms with Crippen LogP contribution in [0.1, 0.15) is 12.5 Å². The van der Waals surface area contributed by atoms with Gasteiger partial charge >= 0.3 is 0 Å². The Bertz CT molecular complexity index is 1210. The lowest BCUT2D eigenvalue weighted by Crippen LogP contribution is -2.23. The summed E-state index contributed by atoms with van der Waals surface area (Å²) in [5.74, 6) is 0.0955. The third-order valence-corrected chi connectivity index (χ3v) is 6.20. The molecule has 0 spiro atoms. The first-order valence-electron chi connectivity index (χ1n) is 9.96. The van der Waals surface area contributed by atoms with Gasteiger partial charge in [0, 0.05) is 5.56 Å². The van der Waals surface area contributed by atoms with Gasteiger partial charge in [0.1, 0.15) is 5.82 Å². The third kappa shape index (κ3) is 5.18. The van der Waals surface area contributed by atoms with Gasteiger partial charge in [0.15, 0.2) is 11.0 Å². The topological polar surface area (TPSA) is 59.8 Å². The third-order valence-electron chi connectivity index (χ3n) is 4.79. The summed E-state index contributed by atoms with van der Waals surface area (Å²) < 4.78 is 15.4. The first kappa shape index (κ1) is 22.0. The molecule has 3 aromatic carbocycles. The Morgan fingerprint density at radius 1 is 1.03 bits per heavy atom. The predicted molar refractivity (Wildman–Crippen MR) is 126 cm³/mol. The Labute approximate surface area is 194 Å². The van der Waals surface area contributed by atoms with Crippen molar-refractivity contribution in [1.29, 1.82) is 0 Å². The van der Waals surface area contributed by atoms with Gasteiger partial charge in [-0.05, 0) is 48.9 Å². The Hall–Kier alpha value is -3.16. The van der Waals surface area contributed by atoms with Gasteiger partial charge in [0.25, 0.3) is 0 Å². The van der Waals surface area contributed by atoms with Gasteiger partial charge < -0.3 is 5.32 Å². The molecule has 0 aliphatic rings. The SMILES string of the molecule is CC(Sc1nnc(-c2ccc(F)cc2)n1Cc1ccccc1)C(=O)Nc1ccccc1Cl. The van der Waals surface area contributed by atoms with Crippen LogP contribution in [0.25, 0.3) is 11.4 Å². The van der Waals surface area contributed by atoms with Crippen molar-refractivity contribution in [1.82, 2.24) is 14.8 Å². The highest BCUT2D eigenvalue weighted by Crippen LogP contribution is 2.29. The van der Waals surface area contributed by atoms with Crippen LogP contribution in [0.5, 0.6) is 0 Å². The van der Waals surface area contributed by atoms with Gasteiger partial charge in [0.05, 0.1) is 22.5 Å². The molecule has 5 nitrogen and oxygen atoms in total. The van der Waals surface area contributed by atoms with Crippen LogP contribution in [0.15, 0.2) is 84.0 Å². The van der Waals surface area contributed by atoms with Crippen LogP contribution in [0.3, 0.4) is 0 Å². The molecule has 0 aliphatic heterocycles. The number of carbonyl (C=O) groups is 1. The van der Waals surface area contributed by atoms with Crippen LogP contribution in [0, 0.1) is 5.82 Å². The minimum Gasteiger partial charge on any atom is -0.324 e. The summed E-state index contributed by atoms with van der Waals surface area (Å²) in [7, 11) is 0. The summed E-state index contributed by atoms with van der Waals surface area (Å²) in [6, 6.07) is 23.1. The number of anilines is 1. The summed E-state index contributed by atoms with van der Waals surface area (Å²) in [5, 5.41) is 12.1. The van der Waals surface area contributed by atoms with E-state index in [0.717, 1.165) is 11.1 Å². The van der Waals surface area contributed by atoms with Crippen LogP contribution >= 0.6 is 23.4 Å². The number of nitrogens with zero attached hydrogens (tertiary/aromatic N) is 3. The number of para-hydroxylation sites is 1. The van der Waals surface area contributed by atoms with E-state index < -0.39 is 5.25 Å². The van der Waals surface area contributed by atoms with Crippen LogP contribution in [-0.2, 0) is 11.3 Å². The maximum absolute atomic E-state index is 13.4. The van der Waals surface area contributed by atoms with Crippen molar-refractivity contribution >= 4 is 35.0 Å². The highest BCUT2D eigenvalue weighted by molar-refractivity contribution is 8.00. The number of amides is 1. The Balaban J connectivity index is 1.60. The molecule has 0 saturated heterocycles. The maximum atomic E-state index is 13.4. The number of halogens is 2. The Kier molecular flexibility index (Phi) is 6.87. The quantitative estimate of drug-likeness (QED) is 0.344. The molecule has 162 valence electrons. The standard InChI is InChI=1S/C24H20ClFN4OS/c1-16(23(31)27-21-10-6-5-9-20(21)25)32-24-29-28-22(18-11-13-19(26)14-12-18)30(24)15-17-7-3-2-4-8-17/h2-14,16H,15H2,1H3,(H,27,31). The molecule has 1 atom stereocenters. The van der Waals surface area contributed by atoms with Crippen molar-refractivity contribution in [2.45, 2.75) is 23.9 Å². The number of aromatic nitrogens is 3. The van der Waals surface area contributed by atoms with Crippen LogP contribution < -0.4 is 5.32 Å². The van der Waals surface area contributed by atoms with E-state index in [4.69, 9.17) is 11.6 Å². The second-order valence-electron chi connectivity index (χ2n) is 7.11. The van der Waals surface area contributed by atoms with Crippen LogP contribution in [0.2, 0.25) is 5.02 Å². The van der Waals surface area contributed by atoms with Crippen molar-refractivity contribution in [2.75, 3.05) is 5.32 Å². The summed E-state index contributed by atoms with van der Waals surface area (Å²) in [6.07, 6.45) is 0. The second-order valence-corrected chi connectivity index (χ2v) is 8.83. The summed E-state index contributed by atoms with van der Waals surface area (Å²) >= 11 is 7.46. The van der Waals surface area contributed by atoms with Gasteiger partial charge in [-0.15, -0.1) is 10.2 Å². The highest BCUT2D eigenvalue weighted by atomic mass is 35.5. The lowest BCUT2D eigenvalue weighted by Gasteiger charge is -2.14. The first-order chi connectivity index (χ1) is 15.5. The first-order valence-corrected chi connectivity index (χ1v) is 11.2. The van der Waals surface area contributed by atoms with Gasteiger partial charge in [-0.1, -0.05) is 65.8 Å². The molecule has 1 N–H and O–H groups in total. The zero-order valence-electron chi connectivity index (χ0n) is 17.2. The normalized spacial score (nSPS) is 11.8. The number of hydrogen-bond acceptors (Lipinski definition) is 4. The molecule has 0 radical (unpaired) electrons. The zero-order valence-corrected chi connectivity index (χ0v) is 18.8. The number of benzene rings is 3. The molecule has 0 fully saturated rings. The van der Waals surface area contributed by atoms with Crippen molar-refractivity contribution < 1.29 is 9.18 Å². The fourth-order valence-electron chi connectivity index (χ4n) is 3.11. The van der Waals surface area contributed by atoms with Crippen molar-refractivity contribution in [3.05, 3.63) is 95.3 Å². The lowest BCUT2D eigenvalue weighted by molar-refractivity contribution is -0.115. The zero-order chi connectivity index (χ0) is 22.5. The fourth-order valence-corrected chi connectivity index (χ4v) is 4.14. The molecule has 8 heteroatoms. The van der Waals surface area contributed by atoms with Crippen molar-refractivity contribution in [2.24, 2.45) is 0 Å². The van der Waals surface area contributed by atoms with E-state index in [0.29, 0.717) is 28.2 Å². The van der Waals surface area contributed by atoms with E-state index in [2.05, 4.69) is 15.5 Å². The molecular weight excluding hydrogens is 447 g/mol. The van der Waals surface area contributed by atoms with E-state index in [-0.39, 0.29) is 11.7 Å². The van der Waals surface area contributed by atoms with Gasteiger partial charge in [-0.25, -0.2) is 4.39 Å². The molecule has 1 aromatic heterocycles. The smallest absolute Gasteiger partial charge is 0.237 e. The summed E-state index contributed by atoms with van der Waals surface area (Å²) in [4.78, 5) is 12.8. The molecule has 0 aliphatic carbocycles. The number of thioether (sulfide) groups is 1. The molecular formula is C24H20ClFN4OS. The maximum Gasteiger partial charge on any atom is 0.237 e. The monoisotopic (exact) mass is 466 g/mol. The van der Waals surface area contributed by atoms with Crippen LogP contribution in [-0.4, -0.2) is 25.9 Å². The Morgan fingerprint density at radius 2 is 1.72 bits per heavy atom. The number of nitrogens with one attached hydrogen (secondary N) is 1. The molecule has 1 heterocycles. The summed E-state index contributed by atoms with van der Waals surface area (Å²) in [6.45, 7) is 2.32. The van der Waals surface area contributed by atoms with E-state index in [1.165, 1.54) is 23.9 Å². The van der Waals surface area contributed by atoms with Crippen molar-refractivity contribution in [3.63, 3.8) is 0 Å². The molecule has 0 bridgehead atoms.